The van der Waals surface area contributed by atoms with Gasteiger partial charge in [0.05, 0.1) is 13.2 Å². The van der Waals surface area contributed by atoms with Gasteiger partial charge in [-0.2, -0.15) is 0 Å². The van der Waals surface area contributed by atoms with Crippen LogP contribution in [-0.4, -0.2) is 19.6 Å². The zero-order valence-corrected chi connectivity index (χ0v) is 15.6. The van der Waals surface area contributed by atoms with Crippen LogP contribution < -0.4 is 14.8 Å². The minimum absolute atomic E-state index is 0.0799. The van der Waals surface area contributed by atoms with Gasteiger partial charge in [0.1, 0.15) is 6.61 Å². The van der Waals surface area contributed by atoms with E-state index < -0.39 is 0 Å². The third-order valence-corrected chi connectivity index (χ3v) is 4.66. The molecular formula is C23H25NO3. The molecule has 0 heterocycles. The standard InChI is InChI=1S/C23H25NO3/c1-3-15-27-21-13-11-17(16-22(21)26-2)12-14-23(25)24-20-10-6-8-18-7-4-5-9-19(18)20/h3-5,7,9,11-14,16,20H,1,6,8,10,15H2,2H3,(H,24,25)/b14-12+/t20-/m1/s1. The molecule has 4 nitrogen and oxygen atoms in total. The molecule has 1 amide bonds. The van der Waals surface area contributed by atoms with Gasteiger partial charge in [-0.1, -0.05) is 43.0 Å². The van der Waals surface area contributed by atoms with Crippen LogP contribution in [0.15, 0.2) is 61.2 Å². The molecule has 0 bridgehead atoms. The third-order valence-electron chi connectivity index (χ3n) is 4.66. The largest absolute Gasteiger partial charge is 0.493 e. The second-order valence-electron chi connectivity index (χ2n) is 6.50. The Bertz CT molecular complexity index is 841. The van der Waals surface area contributed by atoms with Gasteiger partial charge in [0, 0.05) is 6.08 Å². The van der Waals surface area contributed by atoms with E-state index in [1.807, 2.05) is 24.3 Å². The Balaban J connectivity index is 1.66. The van der Waals surface area contributed by atoms with E-state index >= 15 is 0 Å². The third kappa shape index (κ3) is 4.79. The van der Waals surface area contributed by atoms with Gasteiger partial charge in [0.15, 0.2) is 11.5 Å². The van der Waals surface area contributed by atoms with Crippen LogP contribution >= 0.6 is 0 Å². The average molecular weight is 363 g/mol. The van der Waals surface area contributed by atoms with Crippen molar-refractivity contribution in [2.24, 2.45) is 0 Å². The molecule has 2 aromatic rings. The van der Waals surface area contributed by atoms with E-state index in [-0.39, 0.29) is 11.9 Å². The molecule has 1 atom stereocenters. The van der Waals surface area contributed by atoms with Gasteiger partial charge in [0.25, 0.3) is 0 Å². The number of methoxy groups -OCH3 is 1. The Morgan fingerprint density at radius 2 is 2.11 bits per heavy atom. The Morgan fingerprint density at radius 3 is 2.93 bits per heavy atom. The zero-order valence-electron chi connectivity index (χ0n) is 15.6. The molecule has 1 aliphatic carbocycles. The van der Waals surface area contributed by atoms with Crippen molar-refractivity contribution in [2.45, 2.75) is 25.3 Å². The summed E-state index contributed by atoms with van der Waals surface area (Å²) in [5, 5.41) is 3.12. The van der Waals surface area contributed by atoms with E-state index in [4.69, 9.17) is 9.47 Å². The molecule has 0 radical (unpaired) electrons. The molecule has 0 fully saturated rings. The first kappa shape index (κ1) is 18.8. The highest BCUT2D eigenvalue weighted by molar-refractivity contribution is 5.92. The first-order valence-corrected chi connectivity index (χ1v) is 9.19. The number of aryl methyl sites for hydroxylation is 1. The fourth-order valence-corrected chi connectivity index (χ4v) is 3.35. The molecule has 1 N–H and O–H groups in total. The van der Waals surface area contributed by atoms with Crippen molar-refractivity contribution >= 4 is 12.0 Å². The van der Waals surface area contributed by atoms with Crippen molar-refractivity contribution in [3.05, 3.63) is 77.9 Å². The van der Waals surface area contributed by atoms with Crippen molar-refractivity contribution in [3.63, 3.8) is 0 Å². The predicted octanol–water partition coefficient (Wildman–Crippen LogP) is 4.47. The minimum atomic E-state index is -0.0948. The summed E-state index contributed by atoms with van der Waals surface area (Å²) in [6.07, 6.45) is 8.17. The molecule has 3 rings (SSSR count). The highest BCUT2D eigenvalue weighted by Crippen LogP contribution is 2.30. The van der Waals surface area contributed by atoms with Gasteiger partial charge < -0.3 is 14.8 Å². The summed E-state index contributed by atoms with van der Waals surface area (Å²) in [6.45, 7) is 4.05. The van der Waals surface area contributed by atoms with Crippen LogP contribution in [0.3, 0.4) is 0 Å². The number of carbonyl (C=O) groups excluding carboxylic acids is 1. The minimum Gasteiger partial charge on any atom is -0.493 e. The summed E-state index contributed by atoms with van der Waals surface area (Å²) >= 11 is 0. The van der Waals surface area contributed by atoms with Gasteiger partial charge in [-0.05, 0) is 54.2 Å². The van der Waals surface area contributed by atoms with Crippen molar-refractivity contribution in [1.29, 1.82) is 0 Å². The highest BCUT2D eigenvalue weighted by Gasteiger charge is 2.20. The average Bonchev–Trinajstić information content (AvgIpc) is 2.71. The molecule has 0 saturated carbocycles. The fourth-order valence-electron chi connectivity index (χ4n) is 3.35. The van der Waals surface area contributed by atoms with E-state index in [2.05, 4.69) is 30.1 Å². The molecule has 2 aromatic carbocycles. The molecule has 140 valence electrons. The number of fused-ring (bicyclic) bond motifs is 1. The van der Waals surface area contributed by atoms with Gasteiger partial charge in [-0.3, -0.25) is 4.79 Å². The second kappa shape index (κ2) is 9.08. The summed E-state index contributed by atoms with van der Waals surface area (Å²) in [5.74, 6) is 1.18. The number of ether oxygens (including phenoxy) is 2. The number of nitrogens with one attached hydrogen (secondary N) is 1. The maximum atomic E-state index is 12.4. The summed E-state index contributed by atoms with van der Waals surface area (Å²) in [7, 11) is 1.59. The molecule has 27 heavy (non-hydrogen) atoms. The predicted molar refractivity (Wildman–Crippen MR) is 108 cm³/mol. The highest BCUT2D eigenvalue weighted by atomic mass is 16.5. The van der Waals surface area contributed by atoms with Crippen LogP contribution in [0.25, 0.3) is 6.08 Å². The number of carbonyl (C=O) groups is 1. The molecule has 1 aliphatic rings. The molecule has 0 spiro atoms. The maximum absolute atomic E-state index is 12.4. The van der Waals surface area contributed by atoms with Gasteiger partial charge >= 0.3 is 0 Å². The molecule has 0 aliphatic heterocycles. The van der Waals surface area contributed by atoms with E-state index in [1.54, 1.807) is 25.3 Å². The van der Waals surface area contributed by atoms with Crippen LogP contribution in [-0.2, 0) is 11.2 Å². The fraction of sp³-hybridized carbons (Fsp3) is 0.261. The van der Waals surface area contributed by atoms with Gasteiger partial charge in [-0.15, -0.1) is 0 Å². The summed E-state index contributed by atoms with van der Waals surface area (Å²) in [6, 6.07) is 14.0. The van der Waals surface area contributed by atoms with Gasteiger partial charge in [0.2, 0.25) is 5.91 Å². The number of hydrogen-bond acceptors (Lipinski definition) is 3. The number of rotatable bonds is 7. The normalized spacial score (nSPS) is 15.8. The zero-order chi connectivity index (χ0) is 19.1. The smallest absolute Gasteiger partial charge is 0.244 e. The van der Waals surface area contributed by atoms with E-state index in [1.165, 1.54) is 11.1 Å². The van der Waals surface area contributed by atoms with E-state index in [0.29, 0.717) is 18.1 Å². The van der Waals surface area contributed by atoms with Crippen LogP contribution in [0.2, 0.25) is 0 Å². The topological polar surface area (TPSA) is 47.6 Å². The first-order chi connectivity index (χ1) is 13.2. The van der Waals surface area contributed by atoms with E-state index in [9.17, 15) is 4.79 Å². The number of benzene rings is 2. The maximum Gasteiger partial charge on any atom is 0.244 e. The molecular weight excluding hydrogens is 338 g/mol. The summed E-state index contributed by atoms with van der Waals surface area (Å²) in [4.78, 5) is 12.4. The van der Waals surface area contributed by atoms with Gasteiger partial charge in [-0.25, -0.2) is 0 Å². The lowest BCUT2D eigenvalue weighted by Crippen LogP contribution is -2.29. The lowest BCUT2D eigenvalue weighted by molar-refractivity contribution is -0.117. The second-order valence-corrected chi connectivity index (χ2v) is 6.50. The quantitative estimate of drug-likeness (QED) is 0.583. The molecule has 0 aromatic heterocycles. The lowest BCUT2D eigenvalue weighted by atomic mass is 9.88. The Labute approximate surface area is 160 Å². The van der Waals surface area contributed by atoms with Crippen LogP contribution in [0.5, 0.6) is 11.5 Å². The SMILES string of the molecule is C=CCOc1ccc(/C=C/C(=O)N[C@@H]2CCCc3ccccc32)cc1OC. The number of hydrogen-bond donors (Lipinski definition) is 1. The molecule has 0 saturated heterocycles. The summed E-state index contributed by atoms with van der Waals surface area (Å²) < 4.78 is 10.9. The van der Waals surface area contributed by atoms with Crippen molar-refractivity contribution in [3.8, 4) is 11.5 Å². The van der Waals surface area contributed by atoms with Crippen molar-refractivity contribution in [2.75, 3.05) is 13.7 Å². The van der Waals surface area contributed by atoms with Crippen LogP contribution in [0, 0.1) is 0 Å². The first-order valence-electron chi connectivity index (χ1n) is 9.19. The van der Waals surface area contributed by atoms with Crippen LogP contribution in [0.4, 0.5) is 0 Å². The lowest BCUT2D eigenvalue weighted by Gasteiger charge is -2.25. The van der Waals surface area contributed by atoms with E-state index in [0.717, 1.165) is 24.8 Å². The van der Waals surface area contributed by atoms with Crippen molar-refractivity contribution in [1.82, 2.24) is 5.32 Å². The monoisotopic (exact) mass is 363 g/mol. The van der Waals surface area contributed by atoms with Crippen molar-refractivity contribution < 1.29 is 14.3 Å². The van der Waals surface area contributed by atoms with Crippen LogP contribution in [0.1, 0.15) is 35.6 Å². The Kier molecular flexibility index (Phi) is 6.31. The Morgan fingerprint density at radius 1 is 1.26 bits per heavy atom. The molecule has 4 heteroatoms. The number of amides is 1. The Hall–Kier alpha value is -3.01. The summed E-state index contributed by atoms with van der Waals surface area (Å²) in [5.41, 5.74) is 3.44. The molecule has 0 unspecified atom stereocenters.